The molecule has 0 fully saturated rings. The average Bonchev–Trinajstić information content (AvgIpc) is 2.23. The number of likely N-dealkylation sites (N-methyl/N-ethyl adjacent to an activating group) is 1. The van der Waals surface area contributed by atoms with Crippen LogP contribution in [-0.2, 0) is 0 Å². The molecule has 2 N–H and O–H groups in total. The number of hydrogen-bond donors (Lipinski definition) is 2. The molecule has 0 heterocycles. The molecule has 2 heteroatoms. The van der Waals surface area contributed by atoms with Crippen LogP contribution in [0.1, 0.15) is 25.5 Å². The smallest absolute Gasteiger partial charge is 0.0914 e. The van der Waals surface area contributed by atoms with Gasteiger partial charge in [0, 0.05) is 6.54 Å². The number of rotatable bonds is 3. The second-order valence-electron chi connectivity index (χ2n) is 2.48. The van der Waals surface area contributed by atoms with Gasteiger partial charge in [-0.15, -0.1) is 0 Å². The fourth-order valence-electron chi connectivity index (χ4n) is 0.986. The van der Waals surface area contributed by atoms with Crippen molar-refractivity contribution in [1.29, 1.82) is 0 Å². The van der Waals surface area contributed by atoms with Crippen molar-refractivity contribution in [2.24, 2.45) is 0 Å². The van der Waals surface area contributed by atoms with Gasteiger partial charge in [-0.3, -0.25) is 0 Å². The van der Waals surface area contributed by atoms with Crippen LogP contribution in [0.5, 0.6) is 0 Å². The monoisotopic (exact) mass is 181 g/mol. The van der Waals surface area contributed by atoms with E-state index in [2.05, 4.69) is 5.32 Å². The van der Waals surface area contributed by atoms with Crippen LogP contribution >= 0.6 is 0 Å². The highest BCUT2D eigenvalue weighted by Gasteiger charge is 2.03. The van der Waals surface area contributed by atoms with E-state index < -0.39 is 0 Å². The molecule has 2 nitrogen and oxygen atoms in total. The summed E-state index contributed by atoms with van der Waals surface area (Å²) in [5.74, 6) is 0. The van der Waals surface area contributed by atoms with Gasteiger partial charge in [-0.25, -0.2) is 0 Å². The van der Waals surface area contributed by atoms with E-state index >= 15 is 0 Å². The number of benzene rings is 1. The zero-order valence-corrected chi connectivity index (χ0v) is 8.62. The Morgan fingerprint density at radius 3 is 2.23 bits per heavy atom. The zero-order valence-electron chi connectivity index (χ0n) is 8.62. The zero-order chi connectivity index (χ0) is 10.1. The second-order valence-corrected chi connectivity index (χ2v) is 2.48. The number of aliphatic hydroxyl groups excluding tert-OH is 1. The Balaban J connectivity index is 0.000000671. The first-order chi connectivity index (χ1) is 6.34. The van der Waals surface area contributed by atoms with Crippen molar-refractivity contribution in [3.8, 4) is 0 Å². The van der Waals surface area contributed by atoms with Gasteiger partial charge < -0.3 is 10.4 Å². The SMILES string of the molecule is CC.CNCC(O)c1ccccc1. The molecule has 0 aliphatic rings. The van der Waals surface area contributed by atoms with Crippen LogP contribution in [0.2, 0.25) is 0 Å². The van der Waals surface area contributed by atoms with Crippen LogP contribution in [0.4, 0.5) is 0 Å². The van der Waals surface area contributed by atoms with Gasteiger partial charge in [-0.1, -0.05) is 44.2 Å². The molecule has 0 saturated heterocycles. The Hall–Kier alpha value is -0.860. The summed E-state index contributed by atoms with van der Waals surface area (Å²) in [6.07, 6.45) is -0.388. The van der Waals surface area contributed by atoms with E-state index in [1.165, 1.54) is 0 Å². The molecule has 0 aliphatic carbocycles. The topological polar surface area (TPSA) is 32.3 Å². The van der Waals surface area contributed by atoms with Crippen molar-refractivity contribution in [2.45, 2.75) is 20.0 Å². The Bertz CT molecular complexity index is 199. The molecule has 0 saturated carbocycles. The van der Waals surface area contributed by atoms with Gasteiger partial charge in [0.2, 0.25) is 0 Å². The number of nitrogens with one attached hydrogen (secondary N) is 1. The predicted octanol–water partition coefficient (Wildman–Crippen LogP) is 1.97. The first kappa shape index (κ1) is 12.1. The van der Waals surface area contributed by atoms with Gasteiger partial charge in [-0.2, -0.15) is 0 Å². The molecule has 1 rings (SSSR count). The van der Waals surface area contributed by atoms with Crippen molar-refractivity contribution in [3.63, 3.8) is 0 Å². The summed E-state index contributed by atoms with van der Waals surface area (Å²) in [5, 5.41) is 12.4. The van der Waals surface area contributed by atoms with Crippen molar-refractivity contribution >= 4 is 0 Å². The minimum absolute atomic E-state index is 0.388. The standard InChI is InChI=1S/C9H13NO.C2H6/c1-10-7-9(11)8-5-3-2-4-6-8;1-2/h2-6,9-11H,7H2,1H3;1-2H3. The van der Waals surface area contributed by atoms with E-state index in [0.29, 0.717) is 6.54 Å². The van der Waals surface area contributed by atoms with Crippen LogP contribution in [-0.4, -0.2) is 18.7 Å². The molecule has 0 aromatic heterocycles. The van der Waals surface area contributed by atoms with Crippen LogP contribution in [0.15, 0.2) is 30.3 Å². The van der Waals surface area contributed by atoms with Crippen LogP contribution in [0.3, 0.4) is 0 Å². The second kappa shape index (κ2) is 7.77. The first-order valence-electron chi connectivity index (χ1n) is 4.72. The van der Waals surface area contributed by atoms with Crippen molar-refractivity contribution in [2.75, 3.05) is 13.6 Å². The van der Waals surface area contributed by atoms with Gasteiger partial charge in [0.1, 0.15) is 0 Å². The van der Waals surface area contributed by atoms with Gasteiger partial charge in [0.15, 0.2) is 0 Å². The normalized spacial score (nSPS) is 11.4. The van der Waals surface area contributed by atoms with Crippen LogP contribution < -0.4 is 5.32 Å². The Morgan fingerprint density at radius 2 is 1.77 bits per heavy atom. The minimum atomic E-state index is -0.388. The molecular weight excluding hydrogens is 162 g/mol. The molecule has 1 atom stereocenters. The quantitative estimate of drug-likeness (QED) is 0.747. The third-order valence-corrected chi connectivity index (χ3v) is 1.58. The van der Waals surface area contributed by atoms with Crippen molar-refractivity contribution in [1.82, 2.24) is 5.32 Å². The summed E-state index contributed by atoms with van der Waals surface area (Å²) in [4.78, 5) is 0. The number of hydrogen-bond acceptors (Lipinski definition) is 2. The third kappa shape index (κ3) is 4.65. The fourth-order valence-corrected chi connectivity index (χ4v) is 0.986. The van der Waals surface area contributed by atoms with E-state index in [9.17, 15) is 5.11 Å². The highest BCUT2D eigenvalue weighted by atomic mass is 16.3. The van der Waals surface area contributed by atoms with E-state index in [1.54, 1.807) is 0 Å². The Morgan fingerprint density at radius 1 is 1.23 bits per heavy atom. The predicted molar refractivity (Wildman–Crippen MR) is 56.7 cm³/mol. The molecule has 1 unspecified atom stereocenters. The van der Waals surface area contributed by atoms with E-state index in [0.717, 1.165) is 5.56 Å². The van der Waals surface area contributed by atoms with E-state index in [1.807, 2.05) is 51.2 Å². The lowest BCUT2D eigenvalue weighted by Gasteiger charge is -2.08. The highest BCUT2D eigenvalue weighted by molar-refractivity contribution is 5.17. The van der Waals surface area contributed by atoms with Crippen molar-refractivity contribution in [3.05, 3.63) is 35.9 Å². The first-order valence-corrected chi connectivity index (χ1v) is 4.72. The van der Waals surface area contributed by atoms with E-state index in [4.69, 9.17) is 0 Å². The summed E-state index contributed by atoms with van der Waals surface area (Å²) < 4.78 is 0. The summed E-state index contributed by atoms with van der Waals surface area (Å²) >= 11 is 0. The van der Waals surface area contributed by atoms with E-state index in [-0.39, 0.29) is 6.10 Å². The maximum atomic E-state index is 9.46. The van der Waals surface area contributed by atoms with Crippen LogP contribution in [0.25, 0.3) is 0 Å². The molecule has 0 amide bonds. The van der Waals surface area contributed by atoms with Gasteiger partial charge in [0.05, 0.1) is 6.10 Å². The Labute approximate surface area is 80.6 Å². The molecular formula is C11H19NO. The molecule has 0 bridgehead atoms. The molecule has 0 radical (unpaired) electrons. The number of aliphatic hydroxyl groups is 1. The lowest BCUT2D eigenvalue weighted by Crippen LogP contribution is -2.16. The highest BCUT2D eigenvalue weighted by Crippen LogP contribution is 2.09. The average molecular weight is 181 g/mol. The van der Waals surface area contributed by atoms with Crippen LogP contribution in [0, 0.1) is 0 Å². The molecule has 74 valence electrons. The van der Waals surface area contributed by atoms with Gasteiger partial charge in [0.25, 0.3) is 0 Å². The van der Waals surface area contributed by atoms with Gasteiger partial charge in [-0.05, 0) is 12.6 Å². The Kier molecular flexibility index (Phi) is 7.26. The fraction of sp³-hybridized carbons (Fsp3) is 0.455. The lowest BCUT2D eigenvalue weighted by molar-refractivity contribution is 0.178. The molecule has 13 heavy (non-hydrogen) atoms. The van der Waals surface area contributed by atoms with Crippen molar-refractivity contribution < 1.29 is 5.11 Å². The largest absolute Gasteiger partial charge is 0.387 e. The lowest BCUT2D eigenvalue weighted by atomic mass is 10.1. The molecule has 0 spiro atoms. The minimum Gasteiger partial charge on any atom is -0.387 e. The third-order valence-electron chi connectivity index (χ3n) is 1.58. The maximum absolute atomic E-state index is 9.46. The molecule has 0 aliphatic heterocycles. The van der Waals surface area contributed by atoms with Gasteiger partial charge >= 0.3 is 0 Å². The summed E-state index contributed by atoms with van der Waals surface area (Å²) in [6, 6.07) is 9.63. The summed E-state index contributed by atoms with van der Waals surface area (Å²) in [6.45, 7) is 4.60. The summed E-state index contributed by atoms with van der Waals surface area (Å²) in [5.41, 5.74) is 0.960. The molecule has 1 aromatic rings. The molecule has 1 aromatic carbocycles. The maximum Gasteiger partial charge on any atom is 0.0914 e. The summed E-state index contributed by atoms with van der Waals surface area (Å²) in [7, 11) is 1.83.